The van der Waals surface area contributed by atoms with Gasteiger partial charge in [0.2, 0.25) is 0 Å². The molecule has 0 radical (unpaired) electrons. The molecule has 0 fully saturated rings. The van der Waals surface area contributed by atoms with Crippen LogP contribution in [0.25, 0.3) is 10.4 Å². The molecule has 10 heteroatoms. The fourth-order valence-electron chi connectivity index (χ4n) is 3.64. The summed E-state index contributed by atoms with van der Waals surface area (Å²) in [7, 11) is -3.89. The Hall–Kier alpha value is -3.24. The molecule has 0 saturated heterocycles. The van der Waals surface area contributed by atoms with Crippen LogP contribution in [0.2, 0.25) is 0 Å². The van der Waals surface area contributed by atoms with E-state index in [0.29, 0.717) is 0 Å². The van der Waals surface area contributed by atoms with Crippen molar-refractivity contribution >= 4 is 10.1 Å². The number of hydrogen-bond acceptors (Lipinski definition) is 7. The normalized spacial score (nSPS) is 13.9. The third-order valence-electron chi connectivity index (χ3n) is 5.34. The SMILES string of the molecule is CS(=O)(=O)O[C@@H](COCc1ccccc1)[C@H](OCc1ccccc1)C(CN=[N+]=[N-])OCc1ccccc1. The maximum absolute atomic E-state index is 12.2. The van der Waals surface area contributed by atoms with Crippen LogP contribution in [0.5, 0.6) is 0 Å². The van der Waals surface area contributed by atoms with Gasteiger partial charge in [0.15, 0.2) is 0 Å². The second-order valence-electron chi connectivity index (χ2n) is 8.35. The van der Waals surface area contributed by atoms with E-state index in [1.807, 2.05) is 91.0 Å². The van der Waals surface area contributed by atoms with Crippen molar-refractivity contribution in [3.8, 4) is 0 Å². The van der Waals surface area contributed by atoms with Gasteiger partial charge in [-0.3, -0.25) is 4.18 Å². The van der Waals surface area contributed by atoms with E-state index in [0.717, 1.165) is 22.9 Å². The van der Waals surface area contributed by atoms with Gasteiger partial charge in [0.1, 0.15) is 12.2 Å². The Morgan fingerprint density at radius 1 is 0.757 bits per heavy atom. The molecule has 0 aromatic heterocycles. The molecule has 3 aromatic rings. The molecule has 0 heterocycles. The van der Waals surface area contributed by atoms with Gasteiger partial charge in [0.25, 0.3) is 10.1 Å². The molecule has 196 valence electrons. The maximum Gasteiger partial charge on any atom is 0.264 e. The highest BCUT2D eigenvalue weighted by atomic mass is 32.2. The molecule has 0 spiro atoms. The van der Waals surface area contributed by atoms with Gasteiger partial charge < -0.3 is 14.2 Å². The van der Waals surface area contributed by atoms with Gasteiger partial charge in [-0.1, -0.05) is 96.1 Å². The average molecular weight is 526 g/mol. The second kappa shape index (κ2) is 15.1. The average Bonchev–Trinajstić information content (AvgIpc) is 2.90. The first-order chi connectivity index (χ1) is 17.9. The molecule has 1 unspecified atom stereocenters. The minimum atomic E-state index is -3.89. The first kappa shape index (κ1) is 28.3. The largest absolute Gasteiger partial charge is 0.374 e. The summed E-state index contributed by atoms with van der Waals surface area (Å²) in [4.78, 5) is 2.87. The lowest BCUT2D eigenvalue weighted by Gasteiger charge is -2.32. The Bertz CT molecular complexity index is 1210. The quantitative estimate of drug-likeness (QED) is 0.112. The van der Waals surface area contributed by atoms with Crippen LogP contribution in [-0.2, 0) is 48.3 Å². The molecule has 3 aromatic carbocycles. The number of benzene rings is 3. The van der Waals surface area contributed by atoms with Crippen LogP contribution < -0.4 is 0 Å². The van der Waals surface area contributed by atoms with Crippen molar-refractivity contribution in [2.24, 2.45) is 5.11 Å². The van der Waals surface area contributed by atoms with Crippen molar-refractivity contribution in [3.05, 3.63) is 118 Å². The summed E-state index contributed by atoms with van der Waals surface area (Å²) in [6.07, 6.45) is -1.83. The van der Waals surface area contributed by atoms with Crippen molar-refractivity contribution < 1.29 is 26.8 Å². The van der Waals surface area contributed by atoms with E-state index in [1.54, 1.807) is 0 Å². The lowest BCUT2D eigenvalue weighted by molar-refractivity contribution is -0.136. The number of hydrogen-bond donors (Lipinski definition) is 0. The predicted octanol–water partition coefficient (Wildman–Crippen LogP) is 5.03. The van der Waals surface area contributed by atoms with Crippen LogP contribution in [-0.4, -0.2) is 46.1 Å². The highest BCUT2D eigenvalue weighted by Gasteiger charge is 2.35. The molecule has 37 heavy (non-hydrogen) atoms. The molecule has 0 N–H and O–H groups in total. The lowest BCUT2D eigenvalue weighted by atomic mass is 10.1. The first-order valence-electron chi connectivity index (χ1n) is 11.8. The Labute approximate surface area is 217 Å². The molecule has 0 aliphatic carbocycles. The van der Waals surface area contributed by atoms with E-state index < -0.39 is 28.4 Å². The molecule has 9 nitrogen and oxygen atoms in total. The van der Waals surface area contributed by atoms with Gasteiger partial charge in [-0.15, -0.1) is 0 Å². The van der Waals surface area contributed by atoms with E-state index in [2.05, 4.69) is 10.0 Å². The van der Waals surface area contributed by atoms with Crippen LogP contribution in [0.3, 0.4) is 0 Å². The summed E-state index contributed by atoms with van der Waals surface area (Å²) in [6, 6.07) is 28.4. The molecular formula is C27H31N3O6S. The van der Waals surface area contributed by atoms with E-state index in [4.69, 9.17) is 23.9 Å². The van der Waals surface area contributed by atoms with Crippen molar-refractivity contribution in [1.82, 2.24) is 0 Å². The number of ether oxygens (including phenoxy) is 3. The summed E-state index contributed by atoms with van der Waals surface area (Å²) in [5.41, 5.74) is 11.7. The third kappa shape index (κ3) is 10.7. The molecule has 0 saturated carbocycles. The van der Waals surface area contributed by atoms with Crippen molar-refractivity contribution in [2.45, 2.75) is 38.1 Å². The third-order valence-corrected chi connectivity index (χ3v) is 5.94. The summed E-state index contributed by atoms with van der Waals surface area (Å²) < 4.78 is 48.1. The minimum Gasteiger partial charge on any atom is -0.374 e. The number of rotatable bonds is 16. The molecular weight excluding hydrogens is 494 g/mol. The van der Waals surface area contributed by atoms with Gasteiger partial charge in [-0.05, 0) is 22.2 Å². The Balaban J connectivity index is 1.85. The maximum atomic E-state index is 12.2. The predicted molar refractivity (Wildman–Crippen MR) is 140 cm³/mol. The summed E-state index contributed by atoms with van der Waals surface area (Å²) in [5.74, 6) is 0. The van der Waals surface area contributed by atoms with Gasteiger partial charge >= 0.3 is 0 Å². The molecule has 0 aliphatic rings. The van der Waals surface area contributed by atoms with E-state index >= 15 is 0 Å². The van der Waals surface area contributed by atoms with E-state index in [1.165, 1.54) is 0 Å². The fraction of sp³-hybridized carbons (Fsp3) is 0.333. The zero-order valence-electron chi connectivity index (χ0n) is 20.6. The number of azide groups is 1. The van der Waals surface area contributed by atoms with Crippen LogP contribution in [0.1, 0.15) is 16.7 Å². The first-order valence-corrected chi connectivity index (χ1v) is 13.6. The highest BCUT2D eigenvalue weighted by molar-refractivity contribution is 7.86. The van der Waals surface area contributed by atoms with Crippen molar-refractivity contribution in [1.29, 1.82) is 0 Å². The Kier molecular flexibility index (Phi) is 11.6. The van der Waals surface area contributed by atoms with E-state index in [9.17, 15) is 8.42 Å². The van der Waals surface area contributed by atoms with Gasteiger partial charge in [-0.2, -0.15) is 8.42 Å². The van der Waals surface area contributed by atoms with Crippen LogP contribution >= 0.6 is 0 Å². The fourth-order valence-corrected chi connectivity index (χ4v) is 4.25. The van der Waals surface area contributed by atoms with Crippen molar-refractivity contribution in [2.75, 3.05) is 19.4 Å². The number of nitrogens with zero attached hydrogens (tertiary/aromatic N) is 3. The molecule has 0 amide bonds. The van der Waals surface area contributed by atoms with Gasteiger partial charge in [0.05, 0.1) is 45.3 Å². The topological polar surface area (TPSA) is 120 Å². The van der Waals surface area contributed by atoms with Crippen LogP contribution in [0.4, 0.5) is 0 Å². The highest BCUT2D eigenvalue weighted by Crippen LogP contribution is 2.20. The zero-order chi connectivity index (χ0) is 26.3. The lowest BCUT2D eigenvalue weighted by Crippen LogP contribution is -2.47. The summed E-state index contributed by atoms with van der Waals surface area (Å²) in [5, 5.41) is 3.70. The Morgan fingerprint density at radius 3 is 1.73 bits per heavy atom. The standard InChI is InChI=1S/C27H31N3O6S/c1-37(31,32)36-26(21-33-18-22-11-5-2-6-12-22)27(35-20-24-15-9-4-10-16-24)25(17-29-30-28)34-19-23-13-7-3-8-14-23/h2-16,25-27H,17-21H2,1H3/t25?,26-,27+/m0/s1. The summed E-state index contributed by atoms with van der Waals surface area (Å²) >= 11 is 0. The molecule has 0 aliphatic heterocycles. The minimum absolute atomic E-state index is 0.0922. The molecule has 3 atom stereocenters. The van der Waals surface area contributed by atoms with E-state index in [-0.39, 0.29) is 33.0 Å². The van der Waals surface area contributed by atoms with Crippen LogP contribution in [0.15, 0.2) is 96.1 Å². The monoisotopic (exact) mass is 525 g/mol. The molecule has 0 bridgehead atoms. The molecule has 3 rings (SSSR count). The second-order valence-corrected chi connectivity index (χ2v) is 9.95. The Morgan fingerprint density at radius 2 is 1.24 bits per heavy atom. The summed E-state index contributed by atoms with van der Waals surface area (Å²) in [6.45, 7) is 0.430. The van der Waals surface area contributed by atoms with Crippen LogP contribution in [0, 0.1) is 0 Å². The van der Waals surface area contributed by atoms with Gasteiger partial charge in [0, 0.05) is 4.91 Å². The zero-order valence-corrected chi connectivity index (χ0v) is 21.4. The smallest absolute Gasteiger partial charge is 0.264 e. The van der Waals surface area contributed by atoms with Crippen molar-refractivity contribution in [3.63, 3.8) is 0 Å². The van der Waals surface area contributed by atoms with Gasteiger partial charge in [-0.25, -0.2) is 0 Å².